The Morgan fingerprint density at radius 2 is 1.84 bits per heavy atom. The number of hydrogen-bond donors (Lipinski definition) is 2. The number of nitrogens with one attached hydrogen (secondary N) is 1. The second-order valence-corrected chi connectivity index (χ2v) is 5.88. The lowest BCUT2D eigenvalue weighted by atomic mass is 9.99. The number of halogens is 3. The van der Waals surface area contributed by atoms with Crippen LogP contribution in [0.5, 0.6) is 0 Å². The predicted octanol–water partition coefficient (Wildman–Crippen LogP) is 3.88. The van der Waals surface area contributed by atoms with Crippen LogP contribution in [0.3, 0.4) is 0 Å². The Morgan fingerprint density at radius 1 is 1.16 bits per heavy atom. The molecule has 1 fully saturated rings. The van der Waals surface area contributed by atoms with E-state index in [1.54, 1.807) is 0 Å². The average Bonchev–Trinajstić information content (AvgIpc) is 3.26. The first-order valence-electron chi connectivity index (χ1n) is 7.57. The molecule has 1 aromatic carbocycles. The second kappa shape index (κ2) is 6.27. The molecule has 0 bridgehead atoms. The topological polar surface area (TPSA) is 79.5 Å². The van der Waals surface area contributed by atoms with E-state index >= 15 is 0 Å². The monoisotopic (exact) mass is 353 g/mol. The van der Waals surface area contributed by atoms with Crippen LogP contribution in [0.15, 0.2) is 40.8 Å². The molecule has 1 aliphatic rings. The molecule has 0 saturated heterocycles. The number of carbonyl (C=O) groups excluding carboxylic acids is 1. The minimum Gasteiger partial charge on any atom is -0.475 e. The van der Waals surface area contributed by atoms with Gasteiger partial charge in [-0.2, -0.15) is 13.2 Å². The van der Waals surface area contributed by atoms with Crippen LogP contribution in [0.2, 0.25) is 0 Å². The zero-order valence-corrected chi connectivity index (χ0v) is 12.8. The normalized spacial score (nSPS) is 15.6. The molecular weight excluding hydrogens is 339 g/mol. The molecule has 1 atom stereocenters. The standard InChI is InChI=1S/C17H14F3NO4/c18-17(19,20)11-3-1-2-10(8-11)14(9-4-5-9)21-15(22)12-6-7-13(25-12)16(23)24/h1-3,6-9,14H,4-5H2,(H,21,22)(H,23,24). The Bertz CT molecular complexity index is 808. The third-order valence-corrected chi connectivity index (χ3v) is 3.99. The van der Waals surface area contributed by atoms with Gasteiger partial charge in [0.25, 0.3) is 5.91 Å². The molecule has 1 heterocycles. The summed E-state index contributed by atoms with van der Waals surface area (Å²) in [4.78, 5) is 23.1. The van der Waals surface area contributed by atoms with Crippen molar-refractivity contribution in [2.45, 2.75) is 25.1 Å². The van der Waals surface area contributed by atoms with Gasteiger partial charge in [0, 0.05) is 0 Å². The Labute approximate surface area is 140 Å². The quantitative estimate of drug-likeness (QED) is 0.855. The summed E-state index contributed by atoms with van der Waals surface area (Å²) >= 11 is 0. The first kappa shape index (κ1) is 17.1. The van der Waals surface area contributed by atoms with Crippen molar-refractivity contribution in [2.75, 3.05) is 0 Å². The molecule has 0 aliphatic heterocycles. The summed E-state index contributed by atoms with van der Waals surface area (Å²) in [6.07, 6.45) is -2.88. The molecule has 25 heavy (non-hydrogen) atoms. The fourth-order valence-electron chi connectivity index (χ4n) is 2.60. The summed E-state index contributed by atoms with van der Waals surface area (Å²) in [7, 11) is 0. The van der Waals surface area contributed by atoms with Crippen LogP contribution < -0.4 is 5.32 Å². The van der Waals surface area contributed by atoms with Crippen molar-refractivity contribution in [1.82, 2.24) is 5.32 Å². The lowest BCUT2D eigenvalue weighted by Crippen LogP contribution is -2.29. The second-order valence-electron chi connectivity index (χ2n) is 5.88. The van der Waals surface area contributed by atoms with Gasteiger partial charge in [0.2, 0.25) is 5.76 Å². The molecule has 2 N–H and O–H groups in total. The van der Waals surface area contributed by atoms with Crippen LogP contribution >= 0.6 is 0 Å². The smallest absolute Gasteiger partial charge is 0.416 e. The molecule has 1 amide bonds. The van der Waals surface area contributed by atoms with Crippen LogP contribution in [0.1, 0.15) is 51.1 Å². The Kier molecular flexibility index (Phi) is 4.28. The van der Waals surface area contributed by atoms with E-state index in [1.165, 1.54) is 18.2 Å². The fourth-order valence-corrected chi connectivity index (χ4v) is 2.60. The maximum absolute atomic E-state index is 12.9. The number of furan rings is 1. The van der Waals surface area contributed by atoms with Gasteiger partial charge in [-0.25, -0.2) is 4.79 Å². The van der Waals surface area contributed by atoms with Crippen LogP contribution in [0, 0.1) is 5.92 Å². The van der Waals surface area contributed by atoms with Gasteiger partial charge in [-0.05, 0) is 48.6 Å². The summed E-state index contributed by atoms with van der Waals surface area (Å²) in [5.74, 6) is -2.51. The maximum Gasteiger partial charge on any atom is 0.416 e. The van der Waals surface area contributed by atoms with Gasteiger partial charge in [-0.3, -0.25) is 4.79 Å². The van der Waals surface area contributed by atoms with E-state index in [-0.39, 0.29) is 17.4 Å². The first-order valence-corrected chi connectivity index (χ1v) is 7.57. The number of aromatic carboxylic acids is 1. The third kappa shape index (κ3) is 3.84. The summed E-state index contributed by atoms with van der Waals surface area (Å²) < 4.78 is 43.6. The zero-order chi connectivity index (χ0) is 18.2. The highest BCUT2D eigenvalue weighted by atomic mass is 19.4. The number of rotatable bonds is 5. The van der Waals surface area contributed by atoms with E-state index in [4.69, 9.17) is 9.52 Å². The molecule has 2 aromatic rings. The van der Waals surface area contributed by atoms with Gasteiger partial charge in [0.05, 0.1) is 11.6 Å². The van der Waals surface area contributed by atoms with E-state index in [0.29, 0.717) is 5.56 Å². The summed E-state index contributed by atoms with van der Waals surface area (Å²) in [6, 6.07) is 6.60. The SMILES string of the molecule is O=C(O)c1ccc(C(=O)NC(c2cccc(C(F)(F)F)c2)C2CC2)o1. The van der Waals surface area contributed by atoms with Crippen LogP contribution in [0.4, 0.5) is 13.2 Å². The molecule has 0 spiro atoms. The van der Waals surface area contributed by atoms with E-state index < -0.39 is 29.7 Å². The van der Waals surface area contributed by atoms with Crippen molar-refractivity contribution in [3.63, 3.8) is 0 Å². The highest BCUT2D eigenvalue weighted by Crippen LogP contribution is 2.42. The molecule has 8 heteroatoms. The van der Waals surface area contributed by atoms with Crippen molar-refractivity contribution in [1.29, 1.82) is 0 Å². The molecular formula is C17H14F3NO4. The highest BCUT2D eigenvalue weighted by Gasteiger charge is 2.36. The number of alkyl halides is 3. The molecule has 132 valence electrons. The van der Waals surface area contributed by atoms with Crippen LogP contribution in [-0.4, -0.2) is 17.0 Å². The van der Waals surface area contributed by atoms with Crippen LogP contribution in [-0.2, 0) is 6.18 Å². The summed E-state index contributed by atoms with van der Waals surface area (Å²) in [5, 5.41) is 11.5. The predicted molar refractivity (Wildman–Crippen MR) is 80.0 cm³/mol. The van der Waals surface area contributed by atoms with Gasteiger partial charge < -0.3 is 14.8 Å². The molecule has 1 aromatic heterocycles. The van der Waals surface area contributed by atoms with Gasteiger partial charge in [-0.15, -0.1) is 0 Å². The number of carboxylic acid groups (broad SMARTS) is 1. The number of benzene rings is 1. The lowest BCUT2D eigenvalue weighted by molar-refractivity contribution is -0.137. The number of carbonyl (C=O) groups is 2. The summed E-state index contributed by atoms with van der Waals surface area (Å²) in [6.45, 7) is 0. The van der Waals surface area contributed by atoms with Crippen molar-refractivity contribution >= 4 is 11.9 Å². The van der Waals surface area contributed by atoms with Gasteiger partial charge in [0.1, 0.15) is 0 Å². The van der Waals surface area contributed by atoms with E-state index in [1.807, 2.05) is 0 Å². The van der Waals surface area contributed by atoms with Gasteiger partial charge in [0.15, 0.2) is 5.76 Å². The van der Waals surface area contributed by atoms with Gasteiger partial charge in [-0.1, -0.05) is 12.1 Å². The van der Waals surface area contributed by atoms with Crippen LogP contribution in [0.25, 0.3) is 0 Å². The molecule has 1 aliphatic carbocycles. The molecule has 0 radical (unpaired) electrons. The Balaban J connectivity index is 1.82. The minimum absolute atomic E-state index is 0.0429. The lowest BCUT2D eigenvalue weighted by Gasteiger charge is -2.19. The average molecular weight is 353 g/mol. The minimum atomic E-state index is -4.47. The first-order chi connectivity index (χ1) is 11.8. The largest absolute Gasteiger partial charge is 0.475 e. The molecule has 5 nitrogen and oxygen atoms in total. The zero-order valence-electron chi connectivity index (χ0n) is 12.8. The highest BCUT2D eigenvalue weighted by molar-refractivity contribution is 5.93. The fraction of sp³-hybridized carbons (Fsp3) is 0.294. The van der Waals surface area contributed by atoms with E-state index in [0.717, 1.165) is 31.0 Å². The molecule has 1 saturated carbocycles. The number of hydrogen-bond acceptors (Lipinski definition) is 3. The van der Waals surface area contributed by atoms with E-state index in [9.17, 15) is 22.8 Å². The Morgan fingerprint density at radius 3 is 2.40 bits per heavy atom. The third-order valence-electron chi connectivity index (χ3n) is 3.99. The molecule has 1 unspecified atom stereocenters. The van der Waals surface area contributed by atoms with Gasteiger partial charge >= 0.3 is 12.1 Å². The van der Waals surface area contributed by atoms with Crippen molar-refractivity contribution in [2.24, 2.45) is 5.92 Å². The molecule has 3 rings (SSSR count). The number of carboxylic acids is 1. The maximum atomic E-state index is 12.9. The van der Waals surface area contributed by atoms with Crippen molar-refractivity contribution in [3.8, 4) is 0 Å². The summed E-state index contributed by atoms with van der Waals surface area (Å²) in [5.41, 5.74) is -0.424. The number of amides is 1. The Hall–Kier alpha value is -2.77. The van der Waals surface area contributed by atoms with E-state index in [2.05, 4.69) is 5.32 Å². The van der Waals surface area contributed by atoms with Crippen molar-refractivity contribution < 1.29 is 32.3 Å². The van der Waals surface area contributed by atoms with Crippen molar-refractivity contribution in [3.05, 3.63) is 59.0 Å².